The van der Waals surface area contributed by atoms with E-state index in [1.165, 1.54) is 0 Å². The molecule has 3 nitrogen and oxygen atoms in total. The van der Waals surface area contributed by atoms with E-state index in [0.29, 0.717) is 13.3 Å². The van der Waals surface area contributed by atoms with Crippen LogP contribution in [-0.2, 0) is 9.53 Å². The number of nitrogens with zero attached hydrogens (tertiary/aromatic N) is 1. The normalized spacial score (nSPS) is 10.3. The highest BCUT2D eigenvalue weighted by atomic mass is 16.5. The van der Waals surface area contributed by atoms with E-state index in [2.05, 4.69) is 0 Å². The van der Waals surface area contributed by atoms with Crippen LogP contribution < -0.4 is 0 Å². The number of rotatable bonds is 4. The molecule has 0 bridgehead atoms. The monoisotopic (exact) mass is 159 g/mol. The van der Waals surface area contributed by atoms with Gasteiger partial charge >= 0.3 is 0 Å². The first-order chi connectivity index (χ1) is 5.09. The third kappa shape index (κ3) is 3.98. The number of amides is 1. The number of hydrogen-bond acceptors (Lipinski definition) is 2. The highest BCUT2D eigenvalue weighted by Crippen LogP contribution is 1.98. The average molecular weight is 159 g/mol. The summed E-state index contributed by atoms with van der Waals surface area (Å²) in [7, 11) is 1.75. The first-order valence-electron chi connectivity index (χ1n) is 3.92. The summed E-state index contributed by atoms with van der Waals surface area (Å²) in [5.41, 5.74) is 0. The molecule has 0 unspecified atom stereocenters. The third-order valence-electron chi connectivity index (χ3n) is 1.36. The van der Waals surface area contributed by atoms with Crippen LogP contribution in [0.15, 0.2) is 0 Å². The lowest BCUT2D eigenvalue weighted by Gasteiger charge is -2.18. The van der Waals surface area contributed by atoms with Gasteiger partial charge in [0.15, 0.2) is 0 Å². The van der Waals surface area contributed by atoms with Gasteiger partial charge in [-0.1, -0.05) is 13.8 Å². The van der Waals surface area contributed by atoms with E-state index >= 15 is 0 Å². The summed E-state index contributed by atoms with van der Waals surface area (Å²) >= 11 is 0. The quantitative estimate of drug-likeness (QED) is 0.575. The van der Waals surface area contributed by atoms with Crippen LogP contribution in [0.2, 0.25) is 0 Å². The molecular formula is C8H17NO2. The molecule has 0 atom stereocenters. The molecule has 0 radical (unpaired) electrons. The van der Waals surface area contributed by atoms with Crippen molar-refractivity contribution in [3.8, 4) is 0 Å². The Kier molecular flexibility index (Phi) is 4.86. The second kappa shape index (κ2) is 5.13. The SMILES string of the molecule is CCOCN(C)C(=O)C(C)C. The summed E-state index contributed by atoms with van der Waals surface area (Å²) < 4.78 is 5.07. The summed E-state index contributed by atoms with van der Waals surface area (Å²) in [6.07, 6.45) is 0. The molecule has 0 saturated heterocycles. The predicted molar refractivity (Wildman–Crippen MR) is 44.1 cm³/mol. The molecule has 0 fully saturated rings. The third-order valence-corrected chi connectivity index (χ3v) is 1.36. The topological polar surface area (TPSA) is 29.5 Å². The van der Waals surface area contributed by atoms with Gasteiger partial charge in [-0.3, -0.25) is 4.79 Å². The first kappa shape index (κ1) is 10.4. The van der Waals surface area contributed by atoms with Gasteiger partial charge in [-0.2, -0.15) is 0 Å². The Labute approximate surface area is 68.3 Å². The minimum absolute atomic E-state index is 0.0560. The molecule has 0 aliphatic heterocycles. The van der Waals surface area contributed by atoms with Crippen LogP contribution in [0.5, 0.6) is 0 Å². The molecule has 0 heterocycles. The highest BCUT2D eigenvalue weighted by Gasteiger charge is 2.11. The van der Waals surface area contributed by atoms with Gasteiger partial charge in [0.1, 0.15) is 6.73 Å². The summed E-state index contributed by atoms with van der Waals surface area (Å²) in [6.45, 7) is 6.71. The Bertz CT molecular complexity index is 123. The zero-order valence-corrected chi connectivity index (χ0v) is 7.76. The molecule has 0 rings (SSSR count). The molecule has 0 aromatic rings. The van der Waals surface area contributed by atoms with Crippen molar-refractivity contribution in [2.24, 2.45) is 5.92 Å². The Morgan fingerprint density at radius 2 is 2.09 bits per heavy atom. The van der Waals surface area contributed by atoms with Crippen molar-refractivity contribution in [1.29, 1.82) is 0 Å². The molecule has 0 aromatic carbocycles. The molecule has 0 spiro atoms. The van der Waals surface area contributed by atoms with Gasteiger partial charge < -0.3 is 9.64 Å². The van der Waals surface area contributed by atoms with Crippen molar-refractivity contribution < 1.29 is 9.53 Å². The van der Waals surface area contributed by atoms with E-state index in [-0.39, 0.29) is 11.8 Å². The molecule has 0 aromatic heterocycles. The minimum atomic E-state index is 0.0560. The van der Waals surface area contributed by atoms with E-state index in [9.17, 15) is 4.79 Å². The Morgan fingerprint density at radius 3 is 2.45 bits per heavy atom. The summed E-state index contributed by atoms with van der Waals surface area (Å²) in [5, 5.41) is 0. The largest absolute Gasteiger partial charge is 0.361 e. The van der Waals surface area contributed by atoms with Crippen molar-refractivity contribution in [1.82, 2.24) is 4.90 Å². The van der Waals surface area contributed by atoms with Gasteiger partial charge in [-0.15, -0.1) is 0 Å². The summed E-state index contributed by atoms with van der Waals surface area (Å²) in [4.78, 5) is 12.8. The highest BCUT2D eigenvalue weighted by molar-refractivity contribution is 5.77. The van der Waals surface area contributed by atoms with Gasteiger partial charge in [-0.05, 0) is 6.92 Å². The molecule has 0 aliphatic carbocycles. The van der Waals surface area contributed by atoms with E-state index < -0.39 is 0 Å². The second-order valence-electron chi connectivity index (χ2n) is 2.81. The average Bonchev–Trinajstić information content (AvgIpc) is 1.98. The zero-order chi connectivity index (χ0) is 8.85. The van der Waals surface area contributed by atoms with Gasteiger partial charge in [0.25, 0.3) is 0 Å². The standard InChI is InChI=1S/C8H17NO2/c1-5-11-6-9(4)8(10)7(2)3/h7H,5-6H2,1-4H3. The molecular weight excluding hydrogens is 142 g/mol. The maximum absolute atomic E-state index is 11.2. The summed E-state index contributed by atoms with van der Waals surface area (Å²) in [5.74, 6) is 0.180. The molecule has 3 heteroatoms. The van der Waals surface area contributed by atoms with Crippen molar-refractivity contribution >= 4 is 5.91 Å². The molecule has 66 valence electrons. The molecule has 11 heavy (non-hydrogen) atoms. The van der Waals surface area contributed by atoms with Crippen LogP contribution >= 0.6 is 0 Å². The lowest BCUT2D eigenvalue weighted by Crippen LogP contribution is -2.32. The lowest BCUT2D eigenvalue weighted by atomic mass is 10.2. The Balaban J connectivity index is 3.64. The smallest absolute Gasteiger partial charge is 0.226 e. The van der Waals surface area contributed by atoms with Crippen LogP contribution in [0.25, 0.3) is 0 Å². The van der Waals surface area contributed by atoms with Gasteiger partial charge in [0.2, 0.25) is 5.91 Å². The van der Waals surface area contributed by atoms with Crippen LogP contribution in [0.3, 0.4) is 0 Å². The Morgan fingerprint density at radius 1 is 1.55 bits per heavy atom. The van der Waals surface area contributed by atoms with Crippen LogP contribution in [0.1, 0.15) is 20.8 Å². The van der Waals surface area contributed by atoms with E-state index in [1.807, 2.05) is 20.8 Å². The van der Waals surface area contributed by atoms with Gasteiger partial charge in [0.05, 0.1) is 0 Å². The van der Waals surface area contributed by atoms with Crippen LogP contribution in [0, 0.1) is 5.92 Å². The van der Waals surface area contributed by atoms with Crippen molar-refractivity contribution in [3.63, 3.8) is 0 Å². The van der Waals surface area contributed by atoms with Crippen LogP contribution in [-0.4, -0.2) is 31.2 Å². The lowest BCUT2D eigenvalue weighted by molar-refractivity contribution is -0.137. The summed E-state index contributed by atoms with van der Waals surface area (Å²) in [6, 6.07) is 0. The molecule has 0 N–H and O–H groups in total. The van der Waals surface area contributed by atoms with E-state index in [4.69, 9.17) is 4.74 Å². The maximum Gasteiger partial charge on any atom is 0.226 e. The molecule has 0 aliphatic rings. The van der Waals surface area contributed by atoms with Crippen molar-refractivity contribution in [2.45, 2.75) is 20.8 Å². The van der Waals surface area contributed by atoms with E-state index in [1.54, 1.807) is 11.9 Å². The van der Waals surface area contributed by atoms with Gasteiger partial charge in [0, 0.05) is 19.6 Å². The second-order valence-corrected chi connectivity index (χ2v) is 2.81. The first-order valence-corrected chi connectivity index (χ1v) is 3.92. The number of carbonyl (C=O) groups is 1. The number of hydrogen-bond donors (Lipinski definition) is 0. The van der Waals surface area contributed by atoms with Gasteiger partial charge in [-0.25, -0.2) is 0 Å². The Hall–Kier alpha value is -0.570. The molecule has 1 amide bonds. The van der Waals surface area contributed by atoms with E-state index in [0.717, 1.165) is 0 Å². The van der Waals surface area contributed by atoms with Crippen LogP contribution in [0.4, 0.5) is 0 Å². The fourth-order valence-electron chi connectivity index (χ4n) is 0.733. The predicted octanol–water partition coefficient (Wildman–Crippen LogP) is 1.09. The fourth-order valence-corrected chi connectivity index (χ4v) is 0.733. The number of ether oxygens (including phenoxy) is 1. The maximum atomic E-state index is 11.2. The van der Waals surface area contributed by atoms with Crippen molar-refractivity contribution in [2.75, 3.05) is 20.4 Å². The number of carbonyl (C=O) groups excluding carboxylic acids is 1. The fraction of sp³-hybridized carbons (Fsp3) is 0.875. The molecule has 0 saturated carbocycles. The van der Waals surface area contributed by atoms with Crippen molar-refractivity contribution in [3.05, 3.63) is 0 Å². The zero-order valence-electron chi connectivity index (χ0n) is 7.76. The minimum Gasteiger partial charge on any atom is -0.361 e.